The van der Waals surface area contributed by atoms with Crippen LogP contribution in [0.15, 0.2) is 24.3 Å². The zero-order chi connectivity index (χ0) is 14.7. The summed E-state index contributed by atoms with van der Waals surface area (Å²) in [5.74, 6) is -0.239. The quantitative estimate of drug-likeness (QED) is 0.876. The fourth-order valence-corrected chi connectivity index (χ4v) is 2.72. The fraction of sp³-hybridized carbons (Fsp3) is 0.286. The first-order chi connectivity index (χ1) is 9.54. The van der Waals surface area contributed by atoms with E-state index < -0.39 is 5.97 Å². The maximum absolute atomic E-state index is 11.8. The Kier molecular flexibility index (Phi) is 4.24. The molecule has 2 rings (SSSR count). The second-order valence-electron chi connectivity index (χ2n) is 4.52. The van der Waals surface area contributed by atoms with E-state index in [1.165, 1.54) is 29.8 Å². The first kappa shape index (κ1) is 14.3. The number of nitrogen functional groups attached to an aromatic ring is 1. The minimum atomic E-state index is -0.456. The van der Waals surface area contributed by atoms with Gasteiger partial charge < -0.3 is 15.4 Å². The van der Waals surface area contributed by atoms with Gasteiger partial charge >= 0.3 is 5.97 Å². The van der Waals surface area contributed by atoms with Crippen molar-refractivity contribution in [2.75, 3.05) is 24.8 Å². The number of aromatic nitrogens is 1. The van der Waals surface area contributed by atoms with Crippen LogP contribution < -0.4 is 10.6 Å². The van der Waals surface area contributed by atoms with Gasteiger partial charge in [0.15, 0.2) is 5.82 Å². The first-order valence-corrected chi connectivity index (χ1v) is 6.91. The molecule has 2 aromatic rings. The van der Waals surface area contributed by atoms with E-state index in [4.69, 9.17) is 10.5 Å². The molecule has 0 bridgehead atoms. The summed E-state index contributed by atoms with van der Waals surface area (Å²) in [6, 6.07) is 8.13. The maximum atomic E-state index is 11.8. The van der Waals surface area contributed by atoms with Gasteiger partial charge in [0.05, 0.1) is 7.11 Å². The average molecular weight is 291 g/mol. The number of esters is 1. The van der Waals surface area contributed by atoms with Crippen LogP contribution >= 0.6 is 11.5 Å². The molecule has 0 aliphatic heterocycles. The van der Waals surface area contributed by atoms with Crippen LogP contribution in [0.4, 0.5) is 10.8 Å². The number of carbonyl (C=O) groups is 1. The van der Waals surface area contributed by atoms with Crippen molar-refractivity contribution in [3.63, 3.8) is 0 Å². The molecule has 0 radical (unpaired) electrons. The summed E-state index contributed by atoms with van der Waals surface area (Å²) in [5.41, 5.74) is 8.49. The van der Waals surface area contributed by atoms with E-state index in [9.17, 15) is 4.79 Å². The smallest absolute Gasteiger partial charge is 0.344 e. The molecule has 0 unspecified atom stereocenters. The van der Waals surface area contributed by atoms with Crippen LogP contribution in [0, 0.1) is 6.92 Å². The highest BCUT2D eigenvalue weighted by atomic mass is 32.1. The standard InChI is InChI=1S/C14H17N3O2S/c1-9-6-4-5-7-10(9)8-17(2)13-11(14(18)19-3)12(15)16-20-13/h4-7H,8H2,1-3H3,(H2,15,16). The lowest BCUT2D eigenvalue weighted by atomic mass is 10.1. The number of methoxy groups -OCH3 is 1. The number of aryl methyl sites for hydroxylation is 1. The van der Waals surface area contributed by atoms with Gasteiger partial charge in [0.25, 0.3) is 0 Å². The van der Waals surface area contributed by atoms with Gasteiger partial charge in [-0.05, 0) is 29.6 Å². The minimum Gasteiger partial charge on any atom is -0.465 e. The molecule has 6 heteroatoms. The predicted molar refractivity (Wildman–Crippen MR) is 81.2 cm³/mol. The van der Waals surface area contributed by atoms with Crippen molar-refractivity contribution in [1.82, 2.24) is 4.37 Å². The summed E-state index contributed by atoms with van der Waals surface area (Å²) >= 11 is 1.20. The molecule has 0 amide bonds. The van der Waals surface area contributed by atoms with Crippen LogP contribution in [-0.2, 0) is 11.3 Å². The van der Waals surface area contributed by atoms with Crippen molar-refractivity contribution in [2.24, 2.45) is 0 Å². The number of nitrogens with zero attached hydrogens (tertiary/aromatic N) is 2. The monoisotopic (exact) mass is 291 g/mol. The SMILES string of the molecule is COC(=O)c1c(N)nsc1N(C)Cc1ccccc1C. The third-order valence-electron chi connectivity index (χ3n) is 3.11. The highest BCUT2D eigenvalue weighted by molar-refractivity contribution is 7.11. The van der Waals surface area contributed by atoms with Crippen molar-refractivity contribution < 1.29 is 9.53 Å². The molecule has 1 heterocycles. The molecule has 0 saturated carbocycles. The van der Waals surface area contributed by atoms with Gasteiger partial charge in [-0.1, -0.05) is 24.3 Å². The van der Waals surface area contributed by atoms with Crippen LogP contribution in [0.5, 0.6) is 0 Å². The molecular formula is C14H17N3O2S. The summed E-state index contributed by atoms with van der Waals surface area (Å²) < 4.78 is 8.81. The summed E-state index contributed by atoms with van der Waals surface area (Å²) in [5, 5.41) is 0.720. The third-order valence-corrected chi connectivity index (χ3v) is 4.08. The van der Waals surface area contributed by atoms with Crippen molar-refractivity contribution in [3.8, 4) is 0 Å². The van der Waals surface area contributed by atoms with Gasteiger partial charge in [-0.25, -0.2) is 4.79 Å². The summed E-state index contributed by atoms with van der Waals surface area (Å²) in [7, 11) is 3.25. The number of rotatable bonds is 4. The number of hydrogen-bond acceptors (Lipinski definition) is 6. The minimum absolute atomic E-state index is 0.216. The third kappa shape index (κ3) is 2.75. The molecule has 1 aromatic carbocycles. The molecular weight excluding hydrogens is 274 g/mol. The van der Waals surface area contributed by atoms with Gasteiger partial charge in [-0.3, -0.25) is 0 Å². The summed E-state index contributed by atoms with van der Waals surface area (Å²) in [6.07, 6.45) is 0. The number of carbonyl (C=O) groups excluding carboxylic acids is 1. The van der Waals surface area contributed by atoms with Crippen LogP contribution in [0.2, 0.25) is 0 Å². The highest BCUT2D eigenvalue weighted by Crippen LogP contribution is 2.31. The topological polar surface area (TPSA) is 68.5 Å². The molecule has 1 aromatic heterocycles. The average Bonchev–Trinajstić information content (AvgIpc) is 2.82. The number of benzene rings is 1. The summed E-state index contributed by atoms with van der Waals surface area (Å²) in [4.78, 5) is 13.7. The summed E-state index contributed by atoms with van der Waals surface area (Å²) in [6.45, 7) is 2.74. The Morgan fingerprint density at radius 3 is 2.80 bits per heavy atom. The van der Waals surface area contributed by atoms with Crippen molar-refractivity contribution >= 4 is 28.3 Å². The predicted octanol–water partition coefficient (Wildman–Crippen LogP) is 2.46. The Hall–Kier alpha value is -2.08. The van der Waals surface area contributed by atoms with Crippen LogP contribution in [0.25, 0.3) is 0 Å². The fourth-order valence-electron chi connectivity index (χ4n) is 1.96. The number of nitrogens with two attached hydrogens (primary N) is 1. The maximum Gasteiger partial charge on any atom is 0.344 e. The lowest BCUT2D eigenvalue weighted by Crippen LogP contribution is -2.19. The van der Waals surface area contributed by atoms with E-state index in [-0.39, 0.29) is 5.82 Å². The molecule has 0 saturated heterocycles. The molecule has 0 atom stereocenters. The Morgan fingerprint density at radius 1 is 1.45 bits per heavy atom. The Morgan fingerprint density at radius 2 is 2.15 bits per heavy atom. The second kappa shape index (κ2) is 5.92. The van der Waals surface area contributed by atoms with Crippen LogP contribution in [0.1, 0.15) is 21.5 Å². The zero-order valence-corrected chi connectivity index (χ0v) is 12.5. The highest BCUT2D eigenvalue weighted by Gasteiger charge is 2.22. The lowest BCUT2D eigenvalue weighted by molar-refractivity contribution is 0.0603. The molecule has 20 heavy (non-hydrogen) atoms. The number of ether oxygens (including phenoxy) is 1. The van der Waals surface area contributed by atoms with E-state index in [0.29, 0.717) is 12.1 Å². The van der Waals surface area contributed by atoms with E-state index in [2.05, 4.69) is 23.4 Å². The zero-order valence-electron chi connectivity index (χ0n) is 11.7. The van der Waals surface area contributed by atoms with E-state index >= 15 is 0 Å². The Labute approximate surface area is 122 Å². The van der Waals surface area contributed by atoms with E-state index in [0.717, 1.165) is 5.00 Å². The Bertz CT molecular complexity index is 625. The second-order valence-corrected chi connectivity index (χ2v) is 5.27. The first-order valence-electron chi connectivity index (χ1n) is 6.13. The number of hydrogen-bond donors (Lipinski definition) is 1. The molecule has 0 aliphatic rings. The number of anilines is 2. The van der Waals surface area contributed by atoms with E-state index in [1.807, 2.05) is 24.1 Å². The molecule has 106 valence electrons. The molecule has 0 spiro atoms. The molecule has 0 fully saturated rings. The lowest BCUT2D eigenvalue weighted by Gasteiger charge is -2.19. The van der Waals surface area contributed by atoms with E-state index in [1.54, 1.807) is 0 Å². The van der Waals surface area contributed by atoms with Crippen molar-refractivity contribution in [1.29, 1.82) is 0 Å². The Balaban J connectivity index is 2.28. The van der Waals surface area contributed by atoms with Gasteiger partial charge in [0.1, 0.15) is 10.6 Å². The molecule has 2 N–H and O–H groups in total. The van der Waals surface area contributed by atoms with Gasteiger partial charge in [-0.2, -0.15) is 4.37 Å². The normalized spacial score (nSPS) is 10.3. The van der Waals surface area contributed by atoms with Gasteiger partial charge in [0, 0.05) is 13.6 Å². The van der Waals surface area contributed by atoms with Gasteiger partial charge in [-0.15, -0.1) is 0 Å². The van der Waals surface area contributed by atoms with Gasteiger partial charge in [0.2, 0.25) is 0 Å². The van der Waals surface area contributed by atoms with Crippen molar-refractivity contribution in [3.05, 3.63) is 41.0 Å². The van der Waals surface area contributed by atoms with Crippen LogP contribution in [0.3, 0.4) is 0 Å². The molecule has 5 nitrogen and oxygen atoms in total. The van der Waals surface area contributed by atoms with Crippen molar-refractivity contribution in [2.45, 2.75) is 13.5 Å². The molecule has 0 aliphatic carbocycles. The van der Waals surface area contributed by atoms with Crippen LogP contribution in [-0.4, -0.2) is 24.5 Å². The largest absolute Gasteiger partial charge is 0.465 e.